The molecule has 0 aliphatic heterocycles. The zero-order valence-electron chi connectivity index (χ0n) is 22.9. The highest BCUT2D eigenvalue weighted by Crippen LogP contribution is 2.28. The number of carbonyl (C=O) groups excluding carboxylic acids is 2. The summed E-state index contributed by atoms with van der Waals surface area (Å²) < 4.78 is 35.1. The van der Waals surface area contributed by atoms with Crippen LogP contribution in [-0.2, 0) is 26.2 Å². The molecule has 0 fully saturated rings. The van der Waals surface area contributed by atoms with E-state index in [2.05, 4.69) is 21.2 Å². The molecule has 0 spiro atoms. The van der Waals surface area contributed by atoms with Gasteiger partial charge >= 0.3 is 0 Å². The van der Waals surface area contributed by atoms with Crippen molar-refractivity contribution in [2.24, 2.45) is 0 Å². The normalized spacial score (nSPS) is 12.0. The number of ether oxygens (including phenoxy) is 1. The summed E-state index contributed by atoms with van der Waals surface area (Å²) in [5, 5.41) is 3.43. The fourth-order valence-corrected chi connectivity index (χ4v) is 6.18. The molecule has 0 aromatic heterocycles. The molecule has 0 heterocycles. The Hall–Kier alpha value is -2.79. The number of anilines is 1. The van der Waals surface area contributed by atoms with Gasteiger partial charge < -0.3 is 15.0 Å². The fourth-order valence-electron chi connectivity index (χ4n) is 4.18. The summed E-state index contributed by atoms with van der Waals surface area (Å²) in [5.74, 6) is -0.345. The molecule has 1 atom stereocenters. The fraction of sp³-hybridized carbons (Fsp3) is 0.310. The van der Waals surface area contributed by atoms with Crippen LogP contribution in [0.5, 0.6) is 5.75 Å². The van der Waals surface area contributed by atoms with Gasteiger partial charge in [-0.3, -0.25) is 13.9 Å². The maximum absolute atomic E-state index is 14.0. The van der Waals surface area contributed by atoms with Gasteiger partial charge in [0.15, 0.2) is 0 Å². The first kappa shape index (κ1) is 32.7. The number of sulfonamides is 1. The molecule has 220 valence electrons. The molecule has 0 bridgehead atoms. The number of likely N-dealkylation sites (N-methyl/N-ethyl adjacent to an activating group) is 1. The third-order valence-electron chi connectivity index (χ3n) is 6.19. The van der Waals surface area contributed by atoms with Crippen molar-refractivity contribution < 1.29 is 22.7 Å². The number of hydrogen-bond acceptors (Lipinski definition) is 5. The first-order chi connectivity index (χ1) is 19.5. The first-order valence-corrected chi connectivity index (χ1v) is 16.0. The van der Waals surface area contributed by atoms with E-state index >= 15 is 0 Å². The number of hydrogen-bond donors (Lipinski definition) is 1. The molecule has 0 unspecified atom stereocenters. The van der Waals surface area contributed by atoms with Crippen LogP contribution in [0.25, 0.3) is 0 Å². The second kappa shape index (κ2) is 14.9. The maximum atomic E-state index is 14.0. The lowest BCUT2D eigenvalue weighted by Gasteiger charge is -2.33. The van der Waals surface area contributed by atoms with E-state index in [9.17, 15) is 18.0 Å². The average Bonchev–Trinajstić information content (AvgIpc) is 2.94. The highest BCUT2D eigenvalue weighted by molar-refractivity contribution is 9.10. The van der Waals surface area contributed by atoms with Crippen LogP contribution in [0, 0.1) is 0 Å². The van der Waals surface area contributed by atoms with Crippen molar-refractivity contribution in [1.29, 1.82) is 0 Å². The lowest BCUT2D eigenvalue weighted by molar-refractivity contribution is -0.140. The molecule has 0 aliphatic carbocycles. The molecule has 41 heavy (non-hydrogen) atoms. The molecule has 3 aromatic rings. The van der Waals surface area contributed by atoms with Gasteiger partial charge in [-0.05, 0) is 86.5 Å². The van der Waals surface area contributed by atoms with E-state index in [1.165, 1.54) is 17.0 Å². The second-order valence-corrected chi connectivity index (χ2v) is 12.6. The maximum Gasteiger partial charge on any atom is 0.264 e. The molecular weight excluding hydrogens is 653 g/mol. The van der Waals surface area contributed by atoms with Crippen molar-refractivity contribution in [3.05, 3.63) is 86.8 Å². The topological polar surface area (TPSA) is 96.0 Å². The highest BCUT2D eigenvalue weighted by atomic mass is 79.9. The zero-order chi connectivity index (χ0) is 30.2. The summed E-state index contributed by atoms with van der Waals surface area (Å²) >= 11 is 15.6. The summed E-state index contributed by atoms with van der Waals surface area (Å²) in [5.41, 5.74) is 0.907. The van der Waals surface area contributed by atoms with E-state index in [-0.39, 0.29) is 23.0 Å². The molecule has 0 saturated carbocycles. The molecule has 0 saturated heterocycles. The minimum atomic E-state index is -4.19. The molecule has 8 nitrogen and oxygen atoms in total. The Bertz CT molecular complexity index is 1450. The summed E-state index contributed by atoms with van der Waals surface area (Å²) in [6, 6.07) is 16.7. The largest absolute Gasteiger partial charge is 0.494 e. The Kier molecular flexibility index (Phi) is 11.9. The Morgan fingerprint density at radius 3 is 2.17 bits per heavy atom. The van der Waals surface area contributed by atoms with E-state index in [0.29, 0.717) is 45.4 Å². The van der Waals surface area contributed by atoms with Crippen molar-refractivity contribution in [3.63, 3.8) is 0 Å². The second-order valence-electron chi connectivity index (χ2n) is 8.98. The lowest BCUT2D eigenvalue weighted by Crippen LogP contribution is -2.52. The summed E-state index contributed by atoms with van der Waals surface area (Å²) in [4.78, 5) is 28.5. The number of nitrogens with zero attached hydrogens (tertiary/aromatic N) is 2. The summed E-state index contributed by atoms with van der Waals surface area (Å²) in [6.45, 7) is 5.70. The Labute approximate surface area is 259 Å². The molecule has 1 N–H and O–H groups in total. The molecule has 0 aliphatic rings. The monoisotopic (exact) mass is 683 g/mol. The lowest BCUT2D eigenvalue weighted by atomic mass is 10.1. The van der Waals surface area contributed by atoms with Gasteiger partial charge in [0.1, 0.15) is 18.3 Å². The molecular formula is C29H32BrCl2N3O5S. The van der Waals surface area contributed by atoms with E-state index in [0.717, 1.165) is 4.31 Å². The number of carbonyl (C=O) groups is 2. The van der Waals surface area contributed by atoms with Crippen LogP contribution in [0.4, 0.5) is 5.69 Å². The van der Waals surface area contributed by atoms with Gasteiger partial charge in [-0.2, -0.15) is 0 Å². The van der Waals surface area contributed by atoms with Gasteiger partial charge in [-0.25, -0.2) is 8.42 Å². The van der Waals surface area contributed by atoms with Crippen LogP contribution >= 0.6 is 39.1 Å². The molecule has 12 heteroatoms. The number of amides is 2. The minimum absolute atomic E-state index is 0.00850. The van der Waals surface area contributed by atoms with Crippen molar-refractivity contribution in [2.45, 2.75) is 44.7 Å². The van der Waals surface area contributed by atoms with E-state index in [4.69, 9.17) is 27.9 Å². The van der Waals surface area contributed by atoms with Crippen LogP contribution in [0.2, 0.25) is 10.0 Å². The van der Waals surface area contributed by atoms with Gasteiger partial charge in [0.25, 0.3) is 10.0 Å². The van der Waals surface area contributed by atoms with Crippen molar-refractivity contribution in [1.82, 2.24) is 10.2 Å². The van der Waals surface area contributed by atoms with Crippen LogP contribution in [0.15, 0.2) is 76.1 Å². The van der Waals surface area contributed by atoms with Gasteiger partial charge in [-0.1, -0.05) is 52.1 Å². The summed E-state index contributed by atoms with van der Waals surface area (Å²) in [6.07, 6.45) is 0.307. The standard InChI is InChI=1S/C29H32BrCl2N3O5S/c1-4-27(29(37)33-5-2)34(18-20-7-16-25(31)26(32)17-20)28(36)19-35(22-10-12-23(13-11-22)40-6-3)41(38,39)24-14-8-21(30)9-15-24/h7-17,27H,4-6,18-19H2,1-3H3,(H,33,37)/t27-/m1/s1. The van der Waals surface area contributed by atoms with Crippen LogP contribution in [0.3, 0.4) is 0 Å². The van der Waals surface area contributed by atoms with Gasteiger partial charge in [-0.15, -0.1) is 0 Å². The Balaban J connectivity index is 2.07. The third kappa shape index (κ3) is 8.38. The predicted octanol–water partition coefficient (Wildman–Crippen LogP) is 6.29. The molecule has 3 rings (SSSR count). The first-order valence-electron chi connectivity index (χ1n) is 13.0. The van der Waals surface area contributed by atoms with E-state index in [1.807, 2.05) is 6.92 Å². The summed E-state index contributed by atoms with van der Waals surface area (Å²) in [7, 11) is -4.19. The molecule has 0 radical (unpaired) electrons. The smallest absolute Gasteiger partial charge is 0.264 e. The molecule has 2 amide bonds. The number of nitrogens with one attached hydrogen (secondary N) is 1. The van der Waals surface area contributed by atoms with Crippen LogP contribution in [0.1, 0.15) is 32.8 Å². The molecule has 3 aromatic carbocycles. The zero-order valence-corrected chi connectivity index (χ0v) is 26.9. The minimum Gasteiger partial charge on any atom is -0.494 e. The Morgan fingerprint density at radius 2 is 1.61 bits per heavy atom. The SMILES string of the molecule is CCNC(=O)[C@@H](CC)N(Cc1ccc(Cl)c(Cl)c1)C(=O)CN(c1ccc(OCC)cc1)S(=O)(=O)c1ccc(Br)cc1. The van der Waals surface area contributed by atoms with Crippen molar-refractivity contribution in [2.75, 3.05) is 24.0 Å². The highest BCUT2D eigenvalue weighted by Gasteiger charge is 2.33. The van der Waals surface area contributed by atoms with Crippen LogP contribution < -0.4 is 14.4 Å². The number of halogens is 3. The van der Waals surface area contributed by atoms with Crippen molar-refractivity contribution >= 4 is 66.7 Å². The van der Waals surface area contributed by atoms with Crippen molar-refractivity contribution in [3.8, 4) is 5.75 Å². The van der Waals surface area contributed by atoms with Gasteiger partial charge in [0.2, 0.25) is 11.8 Å². The quantitative estimate of drug-likeness (QED) is 0.228. The van der Waals surface area contributed by atoms with E-state index in [1.54, 1.807) is 68.4 Å². The van der Waals surface area contributed by atoms with E-state index < -0.39 is 28.5 Å². The predicted molar refractivity (Wildman–Crippen MR) is 166 cm³/mol. The van der Waals surface area contributed by atoms with Gasteiger partial charge in [0, 0.05) is 17.6 Å². The Morgan fingerprint density at radius 1 is 0.951 bits per heavy atom. The average molecular weight is 685 g/mol. The van der Waals surface area contributed by atoms with Crippen LogP contribution in [-0.4, -0.2) is 50.9 Å². The number of rotatable bonds is 13. The third-order valence-corrected chi connectivity index (χ3v) is 9.25. The van der Waals surface area contributed by atoms with Gasteiger partial charge in [0.05, 0.1) is 27.2 Å². The number of benzene rings is 3.